The van der Waals surface area contributed by atoms with Crippen LogP contribution in [0.1, 0.15) is 57.8 Å². The topological polar surface area (TPSA) is 21.3 Å². The summed E-state index contributed by atoms with van der Waals surface area (Å²) in [5.41, 5.74) is 0. The van der Waals surface area contributed by atoms with E-state index < -0.39 is 0 Å². The van der Waals surface area contributed by atoms with E-state index in [-0.39, 0.29) is 0 Å². The molecule has 2 nitrogen and oxygen atoms in total. The van der Waals surface area contributed by atoms with Gasteiger partial charge >= 0.3 is 0 Å². The van der Waals surface area contributed by atoms with Gasteiger partial charge in [0.05, 0.1) is 6.10 Å². The highest BCUT2D eigenvalue weighted by Crippen LogP contribution is 2.35. The van der Waals surface area contributed by atoms with E-state index in [9.17, 15) is 0 Å². The summed E-state index contributed by atoms with van der Waals surface area (Å²) >= 11 is 0. The van der Waals surface area contributed by atoms with Gasteiger partial charge in [0.2, 0.25) is 0 Å². The molecule has 2 saturated carbocycles. The van der Waals surface area contributed by atoms with Crippen LogP contribution < -0.4 is 5.32 Å². The lowest BCUT2D eigenvalue weighted by molar-refractivity contribution is 0.0500. The van der Waals surface area contributed by atoms with E-state index in [0.717, 1.165) is 24.6 Å². The molecule has 0 bridgehead atoms. The van der Waals surface area contributed by atoms with Crippen LogP contribution in [-0.2, 0) is 4.74 Å². The zero-order valence-electron chi connectivity index (χ0n) is 10.3. The van der Waals surface area contributed by atoms with Crippen LogP contribution in [-0.4, -0.2) is 24.8 Å². The number of rotatable bonds is 2. The second kappa shape index (κ2) is 5.05. The molecule has 3 rings (SSSR count). The Hall–Kier alpha value is -0.0800. The van der Waals surface area contributed by atoms with Crippen molar-refractivity contribution in [2.24, 2.45) is 5.92 Å². The Morgan fingerprint density at radius 3 is 2.56 bits per heavy atom. The SMILES string of the molecule is C1CCC(N[C@@H]2CCC[C@@H]3OCC[C@@H]32)CC1. The molecular formula is C14H25NO. The van der Waals surface area contributed by atoms with Crippen molar-refractivity contribution in [2.45, 2.75) is 76.0 Å². The first-order valence-corrected chi connectivity index (χ1v) is 7.31. The molecule has 0 aromatic carbocycles. The zero-order valence-corrected chi connectivity index (χ0v) is 10.3. The molecule has 1 heterocycles. The molecule has 1 saturated heterocycles. The maximum atomic E-state index is 5.84. The van der Waals surface area contributed by atoms with E-state index >= 15 is 0 Å². The van der Waals surface area contributed by atoms with Crippen LogP contribution in [0.3, 0.4) is 0 Å². The summed E-state index contributed by atoms with van der Waals surface area (Å²) in [6.45, 7) is 1.01. The van der Waals surface area contributed by atoms with Gasteiger partial charge in [-0.05, 0) is 38.5 Å². The summed E-state index contributed by atoms with van der Waals surface area (Å²) in [6, 6.07) is 1.59. The van der Waals surface area contributed by atoms with Crippen LogP contribution in [0.4, 0.5) is 0 Å². The summed E-state index contributed by atoms with van der Waals surface area (Å²) < 4.78 is 5.84. The van der Waals surface area contributed by atoms with E-state index in [1.807, 2.05) is 0 Å². The van der Waals surface area contributed by atoms with Crippen molar-refractivity contribution in [1.29, 1.82) is 0 Å². The van der Waals surface area contributed by atoms with Gasteiger partial charge in [0, 0.05) is 24.6 Å². The molecule has 3 aliphatic rings. The highest BCUT2D eigenvalue weighted by atomic mass is 16.5. The Morgan fingerprint density at radius 2 is 1.69 bits per heavy atom. The van der Waals surface area contributed by atoms with Crippen LogP contribution in [0.15, 0.2) is 0 Å². The minimum atomic E-state index is 0.592. The number of ether oxygens (including phenoxy) is 1. The molecule has 3 fully saturated rings. The van der Waals surface area contributed by atoms with Crippen molar-refractivity contribution in [1.82, 2.24) is 5.32 Å². The summed E-state index contributed by atoms with van der Waals surface area (Å²) in [7, 11) is 0. The van der Waals surface area contributed by atoms with E-state index in [0.29, 0.717) is 6.10 Å². The minimum Gasteiger partial charge on any atom is -0.378 e. The zero-order chi connectivity index (χ0) is 10.8. The molecule has 2 aliphatic carbocycles. The van der Waals surface area contributed by atoms with Crippen LogP contribution in [0.25, 0.3) is 0 Å². The molecule has 0 spiro atoms. The fourth-order valence-corrected chi connectivity index (χ4v) is 3.95. The number of hydrogen-bond donors (Lipinski definition) is 1. The highest BCUT2D eigenvalue weighted by molar-refractivity contribution is 4.92. The summed E-state index contributed by atoms with van der Waals surface area (Å²) in [6.07, 6.45) is 13.1. The molecule has 1 N–H and O–H groups in total. The predicted octanol–water partition coefficient (Wildman–Crippen LogP) is 2.87. The van der Waals surface area contributed by atoms with Crippen molar-refractivity contribution >= 4 is 0 Å². The third-order valence-electron chi connectivity index (χ3n) is 4.84. The van der Waals surface area contributed by atoms with Gasteiger partial charge in [0.1, 0.15) is 0 Å². The van der Waals surface area contributed by atoms with Gasteiger partial charge in [-0.25, -0.2) is 0 Å². The van der Waals surface area contributed by atoms with Gasteiger partial charge in [0.25, 0.3) is 0 Å². The molecule has 0 aromatic heterocycles. The molecule has 2 heteroatoms. The standard InChI is InChI=1S/C14H25NO/c1-2-5-11(6-3-1)15-13-7-4-8-14-12(13)9-10-16-14/h11-15H,1-10H2/t12-,13-,14+/m1/s1. The van der Waals surface area contributed by atoms with E-state index in [1.165, 1.54) is 57.8 Å². The van der Waals surface area contributed by atoms with Crippen LogP contribution in [0, 0.1) is 5.92 Å². The lowest BCUT2D eigenvalue weighted by Gasteiger charge is -2.37. The van der Waals surface area contributed by atoms with Gasteiger partial charge < -0.3 is 10.1 Å². The van der Waals surface area contributed by atoms with E-state index in [2.05, 4.69) is 5.32 Å². The number of nitrogens with one attached hydrogen (secondary N) is 1. The fourth-order valence-electron chi connectivity index (χ4n) is 3.95. The largest absolute Gasteiger partial charge is 0.378 e. The molecule has 92 valence electrons. The van der Waals surface area contributed by atoms with Crippen molar-refractivity contribution in [3.8, 4) is 0 Å². The molecule has 3 atom stereocenters. The number of hydrogen-bond acceptors (Lipinski definition) is 2. The maximum absolute atomic E-state index is 5.84. The third-order valence-corrected chi connectivity index (χ3v) is 4.84. The second-order valence-electron chi connectivity index (χ2n) is 5.90. The smallest absolute Gasteiger partial charge is 0.0619 e. The lowest BCUT2D eigenvalue weighted by Crippen LogP contribution is -2.48. The Kier molecular flexibility index (Phi) is 3.49. The highest BCUT2D eigenvalue weighted by Gasteiger charge is 2.38. The van der Waals surface area contributed by atoms with E-state index in [4.69, 9.17) is 4.74 Å². The molecule has 0 radical (unpaired) electrons. The summed E-state index contributed by atoms with van der Waals surface area (Å²) in [5.74, 6) is 0.829. The maximum Gasteiger partial charge on any atom is 0.0619 e. The molecule has 16 heavy (non-hydrogen) atoms. The van der Waals surface area contributed by atoms with E-state index in [1.54, 1.807) is 0 Å². The van der Waals surface area contributed by atoms with Crippen molar-refractivity contribution < 1.29 is 4.74 Å². The Labute approximate surface area is 99.1 Å². The summed E-state index contributed by atoms with van der Waals surface area (Å²) in [4.78, 5) is 0. The molecule has 1 aliphatic heterocycles. The van der Waals surface area contributed by atoms with Gasteiger partial charge in [-0.3, -0.25) is 0 Å². The van der Waals surface area contributed by atoms with Gasteiger partial charge in [-0.1, -0.05) is 19.3 Å². The van der Waals surface area contributed by atoms with Crippen LogP contribution in [0.5, 0.6) is 0 Å². The number of fused-ring (bicyclic) bond motifs is 1. The lowest BCUT2D eigenvalue weighted by atomic mass is 9.80. The quantitative estimate of drug-likeness (QED) is 0.777. The monoisotopic (exact) mass is 223 g/mol. The molecular weight excluding hydrogens is 198 g/mol. The molecule has 0 aromatic rings. The van der Waals surface area contributed by atoms with Gasteiger partial charge in [0.15, 0.2) is 0 Å². The van der Waals surface area contributed by atoms with Crippen molar-refractivity contribution in [2.75, 3.05) is 6.61 Å². The Bertz CT molecular complexity index is 225. The van der Waals surface area contributed by atoms with Crippen molar-refractivity contribution in [3.05, 3.63) is 0 Å². The van der Waals surface area contributed by atoms with Gasteiger partial charge in [-0.15, -0.1) is 0 Å². The minimum absolute atomic E-state index is 0.592. The van der Waals surface area contributed by atoms with Gasteiger partial charge in [-0.2, -0.15) is 0 Å². The predicted molar refractivity (Wildman–Crippen MR) is 65.5 cm³/mol. The Morgan fingerprint density at radius 1 is 0.812 bits per heavy atom. The van der Waals surface area contributed by atoms with Crippen molar-refractivity contribution in [3.63, 3.8) is 0 Å². The molecule has 0 unspecified atom stereocenters. The third kappa shape index (κ3) is 2.28. The first-order chi connectivity index (χ1) is 7.93. The van der Waals surface area contributed by atoms with Crippen LogP contribution >= 0.6 is 0 Å². The first kappa shape index (κ1) is 11.0. The second-order valence-corrected chi connectivity index (χ2v) is 5.90. The normalized spacial score (nSPS) is 40.9. The van der Waals surface area contributed by atoms with Crippen LogP contribution in [0.2, 0.25) is 0 Å². The first-order valence-electron chi connectivity index (χ1n) is 7.31. The fraction of sp³-hybridized carbons (Fsp3) is 1.00. The average Bonchev–Trinajstić information content (AvgIpc) is 2.80. The summed E-state index contributed by atoms with van der Waals surface area (Å²) in [5, 5.41) is 3.95. The molecule has 0 amide bonds. The Balaban J connectivity index is 1.56. The average molecular weight is 223 g/mol.